The zero-order valence-corrected chi connectivity index (χ0v) is 13.3. The van der Waals surface area contributed by atoms with Gasteiger partial charge in [-0.2, -0.15) is 0 Å². The first-order valence-electron chi connectivity index (χ1n) is 7.32. The minimum Gasteiger partial charge on any atom is -0.454 e. The normalized spacial score (nSPS) is 10.3. The molecule has 3 aromatic carbocycles. The molecule has 0 fully saturated rings. The fourth-order valence-corrected chi connectivity index (χ4v) is 2.41. The van der Waals surface area contributed by atoms with E-state index in [0.29, 0.717) is 22.2 Å². The topological polar surface area (TPSA) is 47.3 Å². The quantitative estimate of drug-likeness (QED) is 0.624. The summed E-state index contributed by atoms with van der Waals surface area (Å²) >= 11 is 6.11. The molecule has 0 atom stereocenters. The monoisotopic (exact) mass is 324 g/mol. The van der Waals surface area contributed by atoms with Gasteiger partial charge in [0.15, 0.2) is 5.75 Å². The number of para-hydroxylation sites is 2. The third kappa shape index (κ3) is 3.96. The Balaban J connectivity index is 1.65. The van der Waals surface area contributed by atoms with E-state index in [4.69, 9.17) is 22.1 Å². The smallest absolute Gasteiger partial charge is 0.168 e. The van der Waals surface area contributed by atoms with E-state index in [9.17, 15) is 0 Å². The van der Waals surface area contributed by atoms with E-state index >= 15 is 0 Å². The Labute approximate surface area is 140 Å². The summed E-state index contributed by atoms with van der Waals surface area (Å²) in [6, 6.07) is 23.2. The molecular formula is C19H17ClN2O. The van der Waals surface area contributed by atoms with Gasteiger partial charge in [0.1, 0.15) is 5.75 Å². The Kier molecular flexibility index (Phi) is 4.69. The van der Waals surface area contributed by atoms with Crippen molar-refractivity contribution in [3.63, 3.8) is 0 Å². The maximum Gasteiger partial charge on any atom is 0.168 e. The molecule has 0 bridgehead atoms. The Morgan fingerprint density at radius 2 is 1.61 bits per heavy atom. The van der Waals surface area contributed by atoms with Crippen LogP contribution in [0.1, 0.15) is 5.56 Å². The lowest BCUT2D eigenvalue weighted by molar-refractivity contribution is 0.485. The van der Waals surface area contributed by atoms with Gasteiger partial charge in [0.25, 0.3) is 0 Å². The second kappa shape index (κ2) is 7.07. The van der Waals surface area contributed by atoms with Crippen molar-refractivity contribution in [2.75, 3.05) is 11.1 Å². The van der Waals surface area contributed by atoms with Gasteiger partial charge in [-0.15, -0.1) is 0 Å². The molecule has 0 aromatic heterocycles. The highest BCUT2D eigenvalue weighted by molar-refractivity contribution is 6.32. The van der Waals surface area contributed by atoms with Gasteiger partial charge >= 0.3 is 0 Å². The van der Waals surface area contributed by atoms with E-state index < -0.39 is 0 Å². The van der Waals surface area contributed by atoms with Gasteiger partial charge < -0.3 is 15.8 Å². The third-order valence-corrected chi connectivity index (χ3v) is 3.71. The number of rotatable bonds is 5. The summed E-state index contributed by atoms with van der Waals surface area (Å²) in [4.78, 5) is 0. The molecule has 3 aromatic rings. The summed E-state index contributed by atoms with van der Waals surface area (Å²) in [5.41, 5.74) is 8.67. The van der Waals surface area contributed by atoms with E-state index in [1.807, 2.05) is 54.6 Å². The molecule has 3 N–H and O–H groups in total. The Hall–Kier alpha value is -2.65. The van der Waals surface area contributed by atoms with Crippen LogP contribution in [0.2, 0.25) is 5.02 Å². The molecule has 0 aliphatic heterocycles. The first-order valence-corrected chi connectivity index (χ1v) is 7.70. The summed E-state index contributed by atoms with van der Waals surface area (Å²) in [5, 5.41) is 3.87. The maximum absolute atomic E-state index is 6.11. The van der Waals surface area contributed by atoms with Crippen LogP contribution >= 0.6 is 11.6 Å². The largest absolute Gasteiger partial charge is 0.454 e. The lowest BCUT2D eigenvalue weighted by Gasteiger charge is -2.11. The van der Waals surface area contributed by atoms with E-state index in [2.05, 4.69) is 5.32 Å². The number of anilines is 2. The second-order valence-corrected chi connectivity index (χ2v) is 5.53. The number of benzene rings is 3. The average molecular weight is 325 g/mol. The Morgan fingerprint density at radius 3 is 2.30 bits per heavy atom. The number of hydrogen-bond donors (Lipinski definition) is 2. The van der Waals surface area contributed by atoms with E-state index in [1.54, 1.807) is 18.2 Å². The molecule has 0 saturated heterocycles. The molecule has 0 heterocycles. The molecular weight excluding hydrogens is 308 g/mol. The molecule has 0 spiro atoms. The van der Waals surface area contributed by atoms with Gasteiger partial charge in [-0.1, -0.05) is 48.0 Å². The van der Waals surface area contributed by atoms with Gasteiger partial charge in [-0.25, -0.2) is 0 Å². The van der Waals surface area contributed by atoms with Gasteiger partial charge in [0.05, 0.1) is 10.7 Å². The average Bonchev–Trinajstić information content (AvgIpc) is 2.58. The molecule has 23 heavy (non-hydrogen) atoms. The number of nitrogens with two attached hydrogens (primary N) is 1. The van der Waals surface area contributed by atoms with E-state index in [1.165, 1.54) is 0 Å². The molecule has 116 valence electrons. The highest BCUT2D eigenvalue weighted by Gasteiger charge is 2.07. The first-order chi connectivity index (χ1) is 11.2. The van der Waals surface area contributed by atoms with Gasteiger partial charge in [0.2, 0.25) is 0 Å². The van der Waals surface area contributed by atoms with Gasteiger partial charge in [-0.3, -0.25) is 0 Å². The fraction of sp³-hybridized carbons (Fsp3) is 0.0526. The molecule has 3 nitrogen and oxygen atoms in total. The van der Waals surface area contributed by atoms with Gasteiger partial charge in [0, 0.05) is 12.2 Å². The number of ether oxygens (including phenoxy) is 1. The maximum atomic E-state index is 6.11. The second-order valence-electron chi connectivity index (χ2n) is 5.12. The van der Waals surface area contributed by atoms with Crippen molar-refractivity contribution < 1.29 is 4.74 Å². The number of nitrogens with one attached hydrogen (secondary N) is 1. The number of halogens is 1. The van der Waals surface area contributed by atoms with Crippen molar-refractivity contribution in [1.82, 2.24) is 0 Å². The zero-order chi connectivity index (χ0) is 16.1. The molecule has 0 unspecified atom stereocenters. The van der Waals surface area contributed by atoms with Crippen molar-refractivity contribution >= 4 is 23.0 Å². The van der Waals surface area contributed by atoms with Crippen LogP contribution in [0.5, 0.6) is 11.5 Å². The minimum atomic E-state index is 0.490. The highest BCUT2D eigenvalue weighted by atomic mass is 35.5. The summed E-state index contributed by atoms with van der Waals surface area (Å²) in [7, 11) is 0. The standard InChI is InChI=1S/C19H17ClN2O/c20-17-7-4-8-18(21)19(17)23-16-11-9-14(10-12-16)13-22-15-5-2-1-3-6-15/h1-12,22H,13,21H2. The van der Waals surface area contributed by atoms with Crippen LogP contribution in [0.3, 0.4) is 0 Å². The van der Waals surface area contributed by atoms with Crippen LogP contribution < -0.4 is 15.8 Å². The summed E-state index contributed by atoms with van der Waals surface area (Å²) in [6.45, 7) is 0.749. The zero-order valence-electron chi connectivity index (χ0n) is 12.5. The third-order valence-electron chi connectivity index (χ3n) is 3.41. The first kappa shape index (κ1) is 15.3. The van der Waals surface area contributed by atoms with E-state index in [0.717, 1.165) is 17.8 Å². The molecule has 0 saturated carbocycles. The summed E-state index contributed by atoms with van der Waals surface area (Å²) in [5.74, 6) is 1.19. The van der Waals surface area contributed by atoms with Crippen LogP contribution in [-0.2, 0) is 6.54 Å². The summed E-state index contributed by atoms with van der Waals surface area (Å²) in [6.07, 6.45) is 0. The molecule has 0 radical (unpaired) electrons. The SMILES string of the molecule is Nc1cccc(Cl)c1Oc1ccc(CNc2ccccc2)cc1. The van der Waals surface area contributed by atoms with Crippen molar-refractivity contribution in [2.24, 2.45) is 0 Å². The summed E-state index contributed by atoms with van der Waals surface area (Å²) < 4.78 is 5.78. The van der Waals surface area contributed by atoms with Crippen LogP contribution in [0, 0.1) is 0 Å². The lowest BCUT2D eigenvalue weighted by Crippen LogP contribution is -1.99. The van der Waals surface area contributed by atoms with Crippen molar-refractivity contribution in [2.45, 2.75) is 6.54 Å². The number of hydrogen-bond acceptors (Lipinski definition) is 3. The fourth-order valence-electron chi connectivity index (χ4n) is 2.19. The lowest BCUT2D eigenvalue weighted by atomic mass is 10.2. The number of nitrogen functional groups attached to an aromatic ring is 1. The van der Waals surface area contributed by atoms with Crippen molar-refractivity contribution in [3.8, 4) is 11.5 Å². The predicted molar refractivity (Wildman–Crippen MR) is 96.1 cm³/mol. The Morgan fingerprint density at radius 1 is 0.870 bits per heavy atom. The molecule has 0 amide bonds. The van der Waals surface area contributed by atoms with E-state index in [-0.39, 0.29) is 0 Å². The van der Waals surface area contributed by atoms with Crippen LogP contribution in [0.25, 0.3) is 0 Å². The highest BCUT2D eigenvalue weighted by Crippen LogP contribution is 2.34. The molecule has 0 aliphatic carbocycles. The molecule has 0 aliphatic rings. The van der Waals surface area contributed by atoms with Crippen LogP contribution in [0.4, 0.5) is 11.4 Å². The minimum absolute atomic E-state index is 0.490. The van der Waals surface area contributed by atoms with Crippen LogP contribution in [-0.4, -0.2) is 0 Å². The molecule has 4 heteroatoms. The van der Waals surface area contributed by atoms with Crippen molar-refractivity contribution in [3.05, 3.63) is 83.4 Å². The van der Waals surface area contributed by atoms with Crippen molar-refractivity contribution in [1.29, 1.82) is 0 Å². The Bertz CT molecular complexity index is 753. The van der Waals surface area contributed by atoms with Crippen LogP contribution in [0.15, 0.2) is 72.8 Å². The predicted octanol–water partition coefficient (Wildman–Crippen LogP) is 5.33. The molecule has 3 rings (SSSR count). The van der Waals surface area contributed by atoms with Gasteiger partial charge in [-0.05, 0) is 42.0 Å².